The second-order valence-electron chi connectivity index (χ2n) is 7.43. The average Bonchev–Trinajstić information content (AvgIpc) is 3.16. The maximum Gasteiger partial charge on any atom is 0.365 e. The van der Waals surface area contributed by atoms with E-state index in [0.29, 0.717) is 23.7 Å². The number of carbonyl (C=O) groups is 1. The van der Waals surface area contributed by atoms with Gasteiger partial charge in [0.2, 0.25) is 5.91 Å². The molecular weight excluding hydrogens is 368 g/mol. The third kappa shape index (κ3) is 4.97. The zero-order chi connectivity index (χ0) is 20.1. The van der Waals surface area contributed by atoms with Crippen molar-refractivity contribution in [2.45, 2.75) is 25.8 Å². The zero-order valence-corrected chi connectivity index (χ0v) is 16.1. The van der Waals surface area contributed by atoms with E-state index in [0.717, 1.165) is 37.2 Å². The number of aromatic nitrogens is 4. The summed E-state index contributed by atoms with van der Waals surface area (Å²) in [5.41, 5.74) is 2.10. The number of rotatable bonds is 6. The number of aromatic amines is 1. The van der Waals surface area contributed by atoms with Gasteiger partial charge in [-0.1, -0.05) is 36.4 Å². The Hall–Kier alpha value is -3.26. The zero-order valence-electron chi connectivity index (χ0n) is 16.1. The van der Waals surface area contributed by atoms with Crippen molar-refractivity contribution in [2.75, 3.05) is 18.4 Å². The van der Waals surface area contributed by atoms with Crippen LogP contribution in [-0.2, 0) is 11.3 Å². The largest absolute Gasteiger partial charge is 0.365 e. The van der Waals surface area contributed by atoms with E-state index in [1.807, 2.05) is 6.07 Å². The third-order valence-corrected chi connectivity index (χ3v) is 5.28. The maximum absolute atomic E-state index is 12.5. The smallest absolute Gasteiger partial charge is 0.326 e. The van der Waals surface area contributed by atoms with Gasteiger partial charge in [0.15, 0.2) is 0 Å². The van der Waals surface area contributed by atoms with Crippen LogP contribution in [0.15, 0.2) is 59.4 Å². The summed E-state index contributed by atoms with van der Waals surface area (Å²) in [6.45, 7) is 2.99. The highest BCUT2D eigenvalue weighted by Gasteiger charge is 2.21. The molecule has 4 rings (SSSR count). The average molecular weight is 392 g/mol. The maximum atomic E-state index is 12.5. The van der Waals surface area contributed by atoms with Crippen LogP contribution >= 0.6 is 0 Å². The SMILES string of the molecule is O=C(CC1CCN(Cc2ccccc2)CC1)Nc1cccc(-n2nn[nH]c2=O)c1. The fraction of sp³-hybridized carbons (Fsp3) is 0.333. The minimum Gasteiger partial charge on any atom is -0.326 e. The normalized spacial score (nSPS) is 15.3. The van der Waals surface area contributed by atoms with E-state index in [1.165, 1.54) is 5.56 Å². The molecule has 1 saturated heterocycles. The van der Waals surface area contributed by atoms with E-state index in [-0.39, 0.29) is 5.91 Å². The molecular formula is C21H24N6O2. The molecule has 0 unspecified atom stereocenters. The van der Waals surface area contributed by atoms with Gasteiger partial charge in [0.1, 0.15) is 0 Å². The number of hydrogen-bond donors (Lipinski definition) is 2. The van der Waals surface area contributed by atoms with Gasteiger partial charge in [-0.3, -0.25) is 9.69 Å². The molecule has 8 nitrogen and oxygen atoms in total. The number of nitrogens with one attached hydrogen (secondary N) is 2. The summed E-state index contributed by atoms with van der Waals surface area (Å²) < 4.78 is 1.15. The Bertz CT molecular complexity index is 1010. The Morgan fingerprint density at radius 2 is 1.90 bits per heavy atom. The molecule has 29 heavy (non-hydrogen) atoms. The number of hydrogen-bond acceptors (Lipinski definition) is 5. The van der Waals surface area contributed by atoms with Crippen molar-refractivity contribution < 1.29 is 4.79 Å². The molecule has 2 aromatic carbocycles. The summed E-state index contributed by atoms with van der Waals surface area (Å²) in [7, 11) is 0. The molecule has 2 N–H and O–H groups in total. The van der Waals surface area contributed by atoms with Gasteiger partial charge in [0.05, 0.1) is 5.69 Å². The number of benzene rings is 2. The molecule has 3 aromatic rings. The molecule has 0 saturated carbocycles. The molecule has 1 aliphatic heterocycles. The topological polar surface area (TPSA) is 95.9 Å². The molecule has 0 atom stereocenters. The van der Waals surface area contributed by atoms with E-state index < -0.39 is 5.69 Å². The van der Waals surface area contributed by atoms with Gasteiger partial charge < -0.3 is 5.32 Å². The summed E-state index contributed by atoms with van der Waals surface area (Å²) in [6, 6.07) is 17.5. The fourth-order valence-corrected chi connectivity index (χ4v) is 3.75. The number of anilines is 1. The minimum atomic E-state index is -0.421. The molecule has 150 valence electrons. The quantitative estimate of drug-likeness (QED) is 0.670. The fourth-order valence-electron chi connectivity index (χ4n) is 3.75. The summed E-state index contributed by atoms with van der Waals surface area (Å²) in [5, 5.41) is 12.4. The molecule has 1 aromatic heterocycles. The molecule has 2 heterocycles. The van der Waals surface area contributed by atoms with Crippen LogP contribution < -0.4 is 11.0 Å². The van der Waals surface area contributed by atoms with Crippen LogP contribution in [0.1, 0.15) is 24.8 Å². The number of tetrazole rings is 1. The highest BCUT2D eigenvalue weighted by molar-refractivity contribution is 5.91. The number of piperidine rings is 1. The molecule has 1 fully saturated rings. The summed E-state index contributed by atoms with van der Waals surface area (Å²) in [4.78, 5) is 26.6. The van der Waals surface area contributed by atoms with E-state index in [4.69, 9.17) is 0 Å². The van der Waals surface area contributed by atoms with Crippen molar-refractivity contribution in [1.29, 1.82) is 0 Å². The van der Waals surface area contributed by atoms with E-state index in [2.05, 4.69) is 50.0 Å². The number of carbonyl (C=O) groups excluding carboxylic acids is 1. The second-order valence-corrected chi connectivity index (χ2v) is 7.43. The molecule has 8 heteroatoms. The Balaban J connectivity index is 1.27. The summed E-state index contributed by atoms with van der Waals surface area (Å²) in [6.07, 6.45) is 2.55. The van der Waals surface area contributed by atoms with Crippen LogP contribution in [-0.4, -0.2) is 44.1 Å². The van der Waals surface area contributed by atoms with E-state index >= 15 is 0 Å². The van der Waals surface area contributed by atoms with Crippen molar-refractivity contribution in [3.8, 4) is 5.69 Å². The van der Waals surface area contributed by atoms with Crippen LogP contribution in [0.25, 0.3) is 5.69 Å². The minimum absolute atomic E-state index is 0.00356. The Kier molecular flexibility index (Phi) is 5.81. The Morgan fingerprint density at radius 3 is 2.62 bits per heavy atom. The Morgan fingerprint density at radius 1 is 1.10 bits per heavy atom. The summed E-state index contributed by atoms with van der Waals surface area (Å²) in [5.74, 6) is 0.388. The van der Waals surface area contributed by atoms with Crippen LogP contribution in [0, 0.1) is 5.92 Å². The number of H-pyrrole nitrogens is 1. The molecule has 1 aliphatic rings. The molecule has 0 bridgehead atoms. The van der Waals surface area contributed by atoms with Crippen molar-refractivity contribution in [2.24, 2.45) is 5.92 Å². The second kappa shape index (κ2) is 8.83. The number of likely N-dealkylation sites (tertiary alicyclic amines) is 1. The van der Waals surface area contributed by atoms with Crippen molar-refractivity contribution in [3.63, 3.8) is 0 Å². The first-order valence-corrected chi connectivity index (χ1v) is 9.84. The van der Waals surface area contributed by atoms with Gasteiger partial charge in [-0.15, -0.1) is 0 Å². The lowest BCUT2D eigenvalue weighted by molar-refractivity contribution is -0.117. The molecule has 1 amide bonds. The lowest BCUT2D eigenvalue weighted by atomic mass is 9.93. The predicted octanol–water partition coefficient (Wildman–Crippen LogP) is 2.20. The molecule has 0 spiro atoms. The first kappa shape index (κ1) is 19.1. The monoisotopic (exact) mass is 392 g/mol. The standard InChI is InChI=1S/C21H24N6O2/c28-20(22-18-7-4-8-19(14-18)27-21(29)23-24-25-27)13-16-9-11-26(12-10-16)15-17-5-2-1-3-6-17/h1-8,14,16H,9-13,15H2,(H,22,28)(H,23,25,29). The van der Waals surface area contributed by atoms with Crippen molar-refractivity contribution in [1.82, 2.24) is 25.1 Å². The highest BCUT2D eigenvalue weighted by atomic mass is 16.2. The van der Waals surface area contributed by atoms with E-state index in [1.54, 1.807) is 24.3 Å². The van der Waals surface area contributed by atoms with Crippen LogP contribution in [0.2, 0.25) is 0 Å². The lowest BCUT2D eigenvalue weighted by Gasteiger charge is -2.31. The first-order chi connectivity index (χ1) is 14.2. The first-order valence-electron chi connectivity index (χ1n) is 9.84. The van der Waals surface area contributed by atoms with Crippen molar-refractivity contribution >= 4 is 11.6 Å². The van der Waals surface area contributed by atoms with Crippen molar-refractivity contribution in [3.05, 3.63) is 70.6 Å². The van der Waals surface area contributed by atoms with Gasteiger partial charge in [-0.25, -0.2) is 9.89 Å². The number of amides is 1. The predicted molar refractivity (Wildman–Crippen MR) is 110 cm³/mol. The van der Waals surface area contributed by atoms with Gasteiger partial charge >= 0.3 is 5.69 Å². The Labute approximate surface area is 168 Å². The van der Waals surface area contributed by atoms with Gasteiger partial charge in [0, 0.05) is 18.7 Å². The van der Waals surface area contributed by atoms with E-state index in [9.17, 15) is 9.59 Å². The van der Waals surface area contributed by atoms with Crippen LogP contribution in [0.5, 0.6) is 0 Å². The van der Waals surface area contributed by atoms with Gasteiger partial charge in [0.25, 0.3) is 0 Å². The van der Waals surface area contributed by atoms with Crippen LogP contribution in [0.4, 0.5) is 5.69 Å². The molecule has 0 radical (unpaired) electrons. The van der Waals surface area contributed by atoms with Crippen LogP contribution in [0.3, 0.4) is 0 Å². The third-order valence-electron chi connectivity index (χ3n) is 5.28. The molecule has 0 aliphatic carbocycles. The van der Waals surface area contributed by atoms with Gasteiger partial charge in [-0.05, 0) is 66.0 Å². The lowest BCUT2D eigenvalue weighted by Crippen LogP contribution is -2.34. The highest BCUT2D eigenvalue weighted by Crippen LogP contribution is 2.23. The number of nitrogens with zero attached hydrogens (tertiary/aromatic N) is 4. The van der Waals surface area contributed by atoms with Gasteiger partial charge in [-0.2, -0.15) is 4.68 Å². The summed E-state index contributed by atoms with van der Waals surface area (Å²) >= 11 is 0.